The van der Waals surface area contributed by atoms with Crippen molar-refractivity contribution < 1.29 is 18.9 Å². The van der Waals surface area contributed by atoms with Crippen LogP contribution in [-0.2, 0) is 11.2 Å². The average Bonchev–Trinajstić information content (AvgIpc) is 4.08. The van der Waals surface area contributed by atoms with E-state index in [0.29, 0.717) is 13.2 Å². The van der Waals surface area contributed by atoms with Crippen LogP contribution >= 0.6 is 45.3 Å². The molecule has 8 nitrogen and oxygen atoms in total. The van der Waals surface area contributed by atoms with Gasteiger partial charge in [0.05, 0.1) is 42.5 Å². The average molecular weight is 867 g/mol. The molecule has 2 fully saturated rings. The van der Waals surface area contributed by atoms with E-state index in [9.17, 15) is 21.0 Å². The molecule has 1 aromatic carbocycles. The van der Waals surface area contributed by atoms with Crippen LogP contribution in [0.5, 0.6) is 23.0 Å². The smallest absolute Gasteiger partial charge is 0.139 e. The fourth-order valence-corrected chi connectivity index (χ4v) is 13.7. The first-order valence-corrected chi connectivity index (χ1v) is 24.0. The summed E-state index contributed by atoms with van der Waals surface area (Å²) in [6.45, 7) is 5.28. The Labute approximate surface area is 366 Å². The van der Waals surface area contributed by atoms with Gasteiger partial charge in [0.2, 0.25) is 0 Å². The molecule has 0 saturated heterocycles. The van der Waals surface area contributed by atoms with Crippen molar-refractivity contribution in [3.05, 3.63) is 68.4 Å². The summed E-state index contributed by atoms with van der Waals surface area (Å²) in [6, 6.07) is 21.1. The quantitative estimate of drug-likeness (QED) is 0.127. The molecule has 2 saturated carbocycles. The highest BCUT2D eigenvalue weighted by molar-refractivity contribution is 7.25. The van der Waals surface area contributed by atoms with Gasteiger partial charge in [0.15, 0.2) is 0 Å². The molecule has 0 bridgehead atoms. The molecule has 0 amide bonds. The lowest BCUT2D eigenvalue weighted by Crippen LogP contribution is -2.40. The number of rotatable bonds is 10. The van der Waals surface area contributed by atoms with Crippen molar-refractivity contribution in [3.8, 4) is 87.7 Å². The highest BCUT2D eigenvalue weighted by Gasteiger charge is 2.48. The van der Waals surface area contributed by atoms with Gasteiger partial charge in [-0.15, -0.1) is 45.3 Å². The topological polar surface area (TPSA) is 132 Å². The summed E-state index contributed by atoms with van der Waals surface area (Å²) < 4.78 is 27.2. The van der Waals surface area contributed by atoms with E-state index in [4.69, 9.17) is 18.9 Å². The number of ether oxygens (including phenoxy) is 4. The van der Waals surface area contributed by atoms with Crippen LogP contribution in [0.15, 0.2) is 47.5 Å². The molecule has 2 aliphatic heterocycles. The van der Waals surface area contributed by atoms with Gasteiger partial charge in [-0.05, 0) is 101 Å². The Morgan fingerprint density at radius 2 is 0.967 bits per heavy atom. The number of benzene rings is 1. The number of allylic oxidation sites excluding steroid dienone is 2. The van der Waals surface area contributed by atoms with Crippen molar-refractivity contribution in [1.29, 1.82) is 21.0 Å². The largest absolute Gasteiger partial charge is 0.492 e. The molecule has 0 unspecified atom stereocenters. The van der Waals surface area contributed by atoms with Crippen LogP contribution in [0.25, 0.3) is 52.5 Å². The molecule has 2 aliphatic carbocycles. The summed E-state index contributed by atoms with van der Waals surface area (Å²) in [5.41, 5.74) is 4.14. The minimum absolute atomic E-state index is 0.0591. The van der Waals surface area contributed by atoms with Crippen LogP contribution in [0.1, 0.15) is 112 Å². The highest BCUT2D eigenvalue weighted by atomic mass is 32.1. The molecule has 302 valence electrons. The molecule has 60 heavy (non-hydrogen) atoms. The van der Waals surface area contributed by atoms with E-state index in [1.165, 1.54) is 57.8 Å². The van der Waals surface area contributed by atoms with Gasteiger partial charge in [0.25, 0.3) is 0 Å². The third-order valence-electron chi connectivity index (χ3n) is 11.8. The van der Waals surface area contributed by atoms with Gasteiger partial charge in [-0.2, -0.15) is 21.0 Å². The van der Waals surface area contributed by atoms with E-state index >= 15 is 0 Å². The Balaban J connectivity index is 1.21. The summed E-state index contributed by atoms with van der Waals surface area (Å²) in [7, 11) is 0. The second-order valence-electron chi connectivity index (χ2n) is 15.8. The van der Waals surface area contributed by atoms with Gasteiger partial charge in [0.1, 0.15) is 69.6 Å². The Hall–Kier alpha value is -5.34. The Morgan fingerprint density at radius 3 is 1.33 bits per heavy atom. The fraction of sp³-hybridized carbons (Fsp3) is 0.375. The van der Waals surface area contributed by atoms with Crippen molar-refractivity contribution in [2.75, 3.05) is 13.2 Å². The lowest BCUT2D eigenvalue weighted by Gasteiger charge is -2.45. The summed E-state index contributed by atoms with van der Waals surface area (Å²) in [5.74, 6) is 3.31. The molecule has 0 radical (unpaired) electrons. The van der Waals surface area contributed by atoms with Crippen LogP contribution in [-0.4, -0.2) is 13.2 Å². The van der Waals surface area contributed by atoms with E-state index in [1.807, 2.05) is 36.4 Å². The Morgan fingerprint density at radius 1 is 0.567 bits per heavy atom. The highest BCUT2D eigenvalue weighted by Crippen LogP contribution is 2.62. The molecule has 6 heterocycles. The van der Waals surface area contributed by atoms with E-state index in [1.54, 1.807) is 34.8 Å². The first kappa shape index (κ1) is 40.1. The molecular weight excluding hydrogens is 825 g/mol. The molecule has 12 heteroatoms. The number of nitriles is 4. The van der Waals surface area contributed by atoms with Crippen molar-refractivity contribution >= 4 is 57.5 Å². The maximum absolute atomic E-state index is 9.50. The molecule has 5 aromatic rings. The fourth-order valence-electron chi connectivity index (χ4n) is 9.12. The molecule has 9 rings (SSSR count). The van der Waals surface area contributed by atoms with Crippen molar-refractivity contribution in [1.82, 2.24) is 0 Å². The SMILES string of the molecule is CCCOc1cc(C=C(C#N)C#N)sc1-c1cc2c(s1)-c1cc3c(cc1C1(CCCCC1)O2)-c1sc(-c2sc(C=C(C#N)C#N)cc2OCCC)cc1OC31CCCCC1. The van der Waals surface area contributed by atoms with E-state index in [-0.39, 0.29) is 11.1 Å². The van der Waals surface area contributed by atoms with Crippen molar-refractivity contribution in [3.63, 3.8) is 0 Å². The van der Waals surface area contributed by atoms with Crippen LogP contribution in [0.4, 0.5) is 0 Å². The van der Waals surface area contributed by atoms with E-state index < -0.39 is 11.2 Å². The zero-order valence-electron chi connectivity index (χ0n) is 33.6. The first-order valence-electron chi connectivity index (χ1n) is 20.8. The number of nitrogens with zero attached hydrogens (tertiary/aromatic N) is 4. The lowest BCUT2D eigenvalue weighted by molar-refractivity contribution is 0.0206. The number of hydrogen-bond donors (Lipinski definition) is 0. The first-order chi connectivity index (χ1) is 29.3. The summed E-state index contributed by atoms with van der Waals surface area (Å²) in [5, 5.41) is 38.0. The second-order valence-corrected chi connectivity index (χ2v) is 20.1. The van der Waals surface area contributed by atoms with Crippen LogP contribution in [0.2, 0.25) is 0 Å². The van der Waals surface area contributed by atoms with Gasteiger partial charge >= 0.3 is 0 Å². The summed E-state index contributed by atoms with van der Waals surface area (Å²) in [6.07, 6.45) is 15.5. The van der Waals surface area contributed by atoms with Crippen LogP contribution in [0, 0.1) is 45.3 Å². The molecule has 4 aromatic heterocycles. The predicted molar refractivity (Wildman–Crippen MR) is 240 cm³/mol. The van der Waals surface area contributed by atoms with E-state index in [0.717, 1.165) is 126 Å². The van der Waals surface area contributed by atoms with Gasteiger partial charge in [-0.3, -0.25) is 0 Å². The molecule has 0 atom stereocenters. The van der Waals surface area contributed by atoms with Gasteiger partial charge in [-0.1, -0.05) is 26.7 Å². The van der Waals surface area contributed by atoms with Crippen LogP contribution in [0.3, 0.4) is 0 Å². The minimum atomic E-state index is -0.457. The molecule has 4 aliphatic rings. The second kappa shape index (κ2) is 16.6. The normalized spacial score (nSPS) is 16.2. The molecule has 2 spiro atoms. The summed E-state index contributed by atoms with van der Waals surface area (Å²) in [4.78, 5) is 7.84. The number of fused-ring (bicyclic) bond motifs is 8. The third-order valence-corrected chi connectivity index (χ3v) is 16.6. The number of thiophene rings is 4. The Bertz CT molecular complexity index is 2500. The van der Waals surface area contributed by atoms with Gasteiger partial charge in [-0.25, -0.2) is 0 Å². The monoisotopic (exact) mass is 866 g/mol. The maximum Gasteiger partial charge on any atom is 0.139 e. The Kier molecular flexibility index (Phi) is 11.1. The van der Waals surface area contributed by atoms with Crippen molar-refractivity contribution in [2.45, 2.75) is 102 Å². The van der Waals surface area contributed by atoms with Crippen molar-refractivity contribution in [2.24, 2.45) is 0 Å². The molecular formula is C48H42N4O4S4. The zero-order valence-corrected chi connectivity index (χ0v) is 36.8. The predicted octanol–water partition coefficient (Wildman–Crippen LogP) is 14.1. The lowest BCUT2D eigenvalue weighted by atomic mass is 9.71. The summed E-state index contributed by atoms with van der Waals surface area (Å²) >= 11 is 6.50. The molecule has 0 N–H and O–H groups in total. The maximum atomic E-state index is 9.50. The van der Waals surface area contributed by atoms with Crippen LogP contribution < -0.4 is 18.9 Å². The van der Waals surface area contributed by atoms with E-state index in [2.05, 4.69) is 38.1 Å². The zero-order chi connectivity index (χ0) is 41.4. The van der Waals surface area contributed by atoms with Gasteiger partial charge < -0.3 is 18.9 Å². The third kappa shape index (κ3) is 7.10. The minimum Gasteiger partial charge on any atom is -0.492 e. The van der Waals surface area contributed by atoms with Gasteiger partial charge in [0, 0.05) is 44.1 Å². The number of hydrogen-bond acceptors (Lipinski definition) is 12. The standard InChI is InChI=1S/C48H42N4O4S4/c1-3-15-53-37-19-31(17-29(25-49)26-50)57-45(37)41-23-39-43(59-41)33-21-36-34(22-35(33)47(55-39)11-7-5-8-12-47)44-40(56-48(36)13-9-6-10-14-48)24-42(60-44)46-38(54-16-4-2)20-32(58-46)18-30(27-51)28-52/h17-24H,3-16H2,1-2H3.